The third-order valence-electron chi connectivity index (χ3n) is 4.44. The number of aryl methyl sites for hydroxylation is 1. The highest BCUT2D eigenvalue weighted by molar-refractivity contribution is 6.00. The molecule has 1 aliphatic rings. The number of nitrogens with two attached hydrogens (primary N) is 1. The topological polar surface area (TPSA) is 53.9 Å². The lowest BCUT2D eigenvalue weighted by Crippen LogP contribution is -2.86. The minimum Gasteiger partial charge on any atom is -0.508 e. The highest BCUT2D eigenvalue weighted by atomic mass is 16.3. The van der Waals surface area contributed by atoms with Crippen LogP contribution in [0.15, 0.2) is 48.5 Å². The van der Waals surface area contributed by atoms with Crippen LogP contribution >= 0.6 is 0 Å². The number of hydrogen-bond donors (Lipinski definition) is 2. The van der Waals surface area contributed by atoms with Gasteiger partial charge in [0.25, 0.3) is 0 Å². The largest absolute Gasteiger partial charge is 0.508 e. The Morgan fingerprint density at radius 2 is 1.86 bits per heavy atom. The lowest BCUT2D eigenvalue weighted by Gasteiger charge is -2.22. The summed E-state index contributed by atoms with van der Waals surface area (Å²) in [6.07, 6.45) is 2.93. The summed E-state index contributed by atoms with van der Waals surface area (Å²) >= 11 is 0. The van der Waals surface area contributed by atoms with E-state index in [0.717, 1.165) is 37.9 Å². The number of phenols is 1. The van der Waals surface area contributed by atoms with Gasteiger partial charge in [-0.3, -0.25) is 4.79 Å². The van der Waals surface area contributed by atoms with Crippen molar-refractivity contribution < 1.29 is 15.2 Å². The lowest BCUT2D eigenvalue weighted by atomic mass is 9.83. The second kappa shape index (κ2) is 6.75. The van der Waals surface area contributed by atoms with E-state index in [1.54, 1.807) is 12.1 Å². The zero-order valence-electron chi connectivity index (χ0n) is 12.7. The molecular formula is C19H22NO2+. The quantitative estimate of drug-likeness (QED) is 0.829. The Hall–Kier alpha value is -2.13. The van der Waals surface area contributed by atoms with Crippen molar-refractivity contribution in [2.24, 2.45) is 5.92 Å². The summed E-state index contributed by atoms with van der Waals surface area (Å²) in [4.78, 5) is 12.5. The van der Waals surface area contributed by atoms with Crippen LogP contribution in [0.3, 0.4) is 0 Å². The average Bonchev–Trinajstić information content (AvgIpc) is 2.55. The molecule has 0 aliphatic heterocycles. The number of Topliss-reactive ketones (excluding diaryl/α,β-unsaturated/α-hetero) is 1. The first kappa shape index (κ1) is 14.8. The van der Waals surface area contributed by atoms with E-state index in [1.807, 2.05) is 30.3 Å². The van der Waals surface area contributed by atoms with Gasteiger partial charge in [-0.15, -0.1) is 0 Å². The van der Waals surface area contributed by atoms with E-state index >= 15 is 0 Å². The minimum atomic E-state index is 0.148. The molecule has 114 valence electrons. The molecule has 0 saturated heterocycles. The van der Waals surface area contributed by atoms with E-state index in [0.29, 0.717) is 11.5 Å². The van der Waals surface area contributed by atoms with Crippen LogP contribution in [0.5, 0.6) is 5.75 Å². The summed E-state index contributed by atoms with van der Waals surface area (Å²) < 4.78 is 0. The van der Waals surface area contributed by atoms with Gasteiger partial charge in [-0.2, -0.15) is 0 Å². The number of rotatable bonds is 5. The molecule has 0 radical (unpaired) electrons. The van der Waals surface area contributed by atoms with Gasteiger partial charge >= 0.3 is 0 Å². The second-order valence-corrected chi connectivity index (χ2v) is 5.99. The normalized spacial score (nSPS) is 17.3. The van der Waals surface area contributed by atoms with E-state index in [4.69, 9.17) is 0 Å². The maximum absolute atomic E-state index is 12.5. The van der Waals surface area contributed by atoms with Gasteiger partial charge in [0.1, 0.15) is 5.75 Å². The standard InChI is InChI=1S/C19H21NO2/c21-17-9-5-14(6-10-17)11-12-20-13-16-8-7-15-3-1-2-4-18(15)19(16)22/h1-6,9-10,16,20-21H,7-8,11-13H2/p+1/t16-/m0/s1. The zero-order valence-corrected chi connectivity index (χ0v) is 12.7. The van der Waals surface area contributed by atoms with Crippen molar-refractivity contribution in [1.82, 2.24) is 0 Å². The van der Waals surface area contributed by atoms with Crippen molar-refractivity contribution in [3.05, 3.63) is 65.2 Å². The molecule has 2 aromatic rings. The van der Waals surface area contributed by atoms with Gasteiger partial charge in [0.2, 0.25) is 0 Å². The average molecular weight is 296 g/mol. The van der Waals surface area contributed by atoms with Crippen LogP contribution in [0.1, 0.15) is 27.9 Å². The van der Waals surface area contributed by atoms with Gasteiger partial charge in [0, 0.05) is 12.0 Å². The number of carbonyl (C=O) groups excluding carboxylic acids is 1. The number of phenolic OH excluding ortho intramolecular Hbond substituents is 1. The van der Waals surface area contributed by atoms with Gasteiger partial charge < -0.3 is 10.4 Å². The van der Waals surface area contributed by atoms with Gasteiger partial charge in [0.15, 0.2) is 5.78 Å². The number of hydrogen-bond acceptors (Lipinski definition) is 2. The number of carbonyl (C=O) groups is 1. The molecule has 1 aliphatic carbocycles. The van der Waals surface area contributed by atoms with Crippen molar-refractivity contribution >= 4 is 5.78 Å². The number of quaternary nitrogens is 1. The van der Waals surface area contributed by atoms with Crippen LogP contribution in [0, 0.1) is 5.92 Å². The Labute approximate surface area is 131 Å². The van der Waals surface area contributed by atoms with Gasteiger partial charge in [0.05, 0.1) is 19.0 Å². The molecule has 0 heterocycles. The second-order valence-electron chi connectivity index (χ2n) is 5.99. The number of aromatic hydroxyl groups is 1. The van der Waals surface area contributed by atoms with Crippen molar-refractivity contribution in [2.45, 2.75) is 19.3 Å². The Bertz CT molecular complexity index is 649. The highest BCUT2D eigenvalue weighted by Gasteiger charge is 2.27. The van der Waals surface area contributed by atoms with E-state index in [2.05, 4.69) is 11.4 Å². The summed E-state index contributed by atoms with van der Waals surface area (Å²) in [6.45, 7) is 1.83. The first-order valence-electron chi connectivity index (χ1n) is 7.96. The Morgan fingerprint density at radius 1 is 1.09 bits per heavy atom. The fraction of sp³-hybridized carbons (Fsp3) is 0.316. The third kappa shape index (κ3) is 3.37. The summed E-state index contributed by atoms with van der Waals surface area (Å²) in [6, 6.07) is 15.3. The predicted molar refractivity (Wildman–Crippen MR) is 86.1 cm³/mol. The molecule has 0 amide bonds. The van der Waals surface area contributed by atoms with Crippen molar-refractivity contribution in [3.63, 3.8) is 0 Å². The molecule has 3 rings (SSSR count). The fourth-order valence-electron chi connectivity index (χ4n) is 3.13. The molecule has 0 unspecified atom stereocenters. The van der Waals surface area contributed by atoms with Gasteiger partial charge in [-0.25, -0.2) is 0 Å². The molecule has 3 N–H and O–H groups in total. The van der Waals surface area contributed by atoms with Crippen LogP contribution in [-0.2, 0) is 12.8 Å². The van der Waals surface area contributed by atoms with Gasteiger partial charge in [-0.1, -0.05) is 36.4 Å². The minimum absolute atomic E-state index is 0.148. The zero-order chi connectivity index (χ0) is 15.4. The monoisotopic (exact) mass is 296 g/mol. The summed E-state index contributed by atoms with van der Waals surface area (Å²) in [5, 5.41) is 11.5. The SMILES string of the molecule is O=C1c2ccccc2CC[C@H]1C[NH2+]CCc1ccc(O)cc1. The van der Waals surface area contributed by atoms with Gasteiger partial charge in [-0.05, 0) is 36.1 Å². The predicted octanol–water partition coefficient (Wildman–Crippen LogP) is 1.94. The molecule has 2 aromatic carbocycles. The number of ketones is 1. The maximum atomic E-state index is 12.5. The lowest BCUT2D eigenvalue weighted by molar-refractivity contribution is -0.658. The summed E-state index contributed by atoms with van der Waals surface area (Å²) in [5.74, 6) is 0.761. The third-order valence-corrected chi connectivity index (χ3v) is 4.44. The molecule has 0 fully saturated rings. The smallest absolute Gasteiger partial charge is 0.171 e. The van der Waals surface area contributed by atoms with Crippen molar-refractivity contribution in [3.8, 4) is 5.75 Å². The van der Waals surface area contributed by atoms with Crippen LogP contribution < -0.4 is 5.32 Å². The maximum Gasteiger partial charge on any atom is 0.171 e. The number of fused-ring (bicyclic) bond motifs is 1. The summed E-state index contributed by atoms with van der Waals surface area (Å²) in [7, 11) is 0. The van der Waals surface area contributed by atoms with Crippen LogP contribution in [-0.4, -0.2) is 24.0 Å². The van der Waals surface area contributed by atoms with E-state index < -0.39 is 0 Å². The van der Waals surface area contributed by atoms with Crippen molar-refractivity contribution in [1.29, 1.82) is 0 Å². The molecule has 3 nitrogen and oxygen atoms in total. The van der Waals surface area contributed by atoms with Crippen LogP contribution in [0.4, 0.5) is 0 Å². The number of benzene rings is 2. The summed E-state index contributed by atoms with van der Waals surface area (Å²) in [5.41, 5.74) is 3.34. The Morgan fingerprint density at radius 3 is 2.68 bits per heavy atom. The molecule has 0 spiro atoms. The molecule has 1 atom stereocenters. The molecule has 22 heavy (non-hydrogen) atoms. The highest BCUT2D eigenvalue weighted by Crippen LogP contribution is 2.24. The molecular weight excluding hydrogens is 274 g/mol. The van der Waals surface area contributed by atoms with Crippen molar-refractivity contribution in [2.75, 3.05) is 13.1 Å². The molecule has 3 heteroatoms. The van der Waals surface area contributed by atoms with Crippen LogP contribution in [0.25, 0.3) is 0 Å². The van der Waals surface area contributed by atoms with E-state index in [9.17, 15) is 9.90 Å². The Kier molecular flexibility index (Phi) is 4.54. The molecule has 0 aromatic heterocycles. The van der Waals surface area contributed by atoms with E-state index in [1.165, 1.54) is 11.1 Å². The Balaban J connectivity index is 1.48. The first-order valence-corrected chi connectivity index (χ1v) is 7.96. The fourth-order valence-corrected chi connectivity index (χ4v) is 3.13. The molecule has 0 saturated carbocycles. The molecule has 0 bridgehead atoms. The van der Waals surface area contributed by atoms with E-state index in [-0.39, 0.29) is 5.92 Å². The first-order chi connectivity index (χ1) is 10.7. The van der Waals surface area contributed by atoms with Crippen LogP contribution in [0.2, 0.25) is 0 Å².